The molecule has 2 atom stereocenters. The molecule has 0 aromatic heterocycles. The van der Waals surface area contributed by atoms with Crippen LogP contribution in [0.3, 0.4) is 0 Å². The third-order valence-corrected chi connectivity index (χ3v) is 1.89. The topological polar surface area (TPSA) is 46.2 Å². The minimum Gasteiger partial charge on any atom is -0.355 e. The van der Waals surface area contributed by atoms with Gasteiger partial charge in [-0.15, -0.1) is 0 Å². The lowest BCUT2D eigenvalue weighted by Gasteiger charge is -2.05. The molecule has 1 aliphatic rings. The van der Waals surface area contributed by atoms with E-state index in [1.54, 1.807) is 0 Å². The van der Waals surface area contributed by atoms with Gasteiger partial charge in [-0.25, -0.2) is 0 Å². The molecule has 1 heterocycles. The molecule has 1 saturated heterocycles. The molecule has 3 heteroatoms. The van der Waals surface area contributed by atoms with Crippen LogP contribution in [0.15, 0.2) is 0 Å². The van der Waals surface area contributed by atoms with Gasteiger partial charge in [-0.1, -0.05) is 6.92 Å². The van der Waals surface area contributed by atoms with Gasteiger partial charge >= 0.3 is 0 Å². The third kappa shape index (κ3) is 1.03. The molecule has 1 N–H and O–H groups in total. The molecule has 1 aliphatic heterocycles. The van der Waals surface area contributed by atoms with Crippen LogP contribution in [-0.2, 0) is 9.59 Å². The fourth-order valence-electron chi connectivity index (χ4n) is 1.33. The van der Waals surface area contributed by atoms with Crippen LogP contribution in [0.1, 0.15) is 13.8 Å². The molecule has 0 bridgehead atoms. The van der Waals surface area contributed by atoms with Crippen molar-refractivity contribution in [2.75, 3.05) is 6.54 Å². The molecule has 0 saturated carbocycles. The molecule has 1 rings (SSSR count). The Hall–Kier alpha value is -0.860. The highest BCUT2D eigenvalue weighted by Crippen LogP contribution is 2.17. The van der Waals surface area contributed by atoms with E-state index >= 15 is 0 Å². The summed E-state index contributed by atoms with van der Waals surface area (Å²) in [5.41, 5.74) is 0. The van der Waals surface area contributed by atoms with Gasteiger partial charge in [0.05, 0.1) is 0 Å². The van der Waals surface area contributed by atoms with Crippen LogP contribution in [0.5, 0.6) is 0 Å². The van der Waals surface area contributed by atoms with Crippen molar-refractivity contribution in [3.8, 4) is 0 Å². The summed E-state index contributed by atoms with van der Waals surface area (Å²) in [6, 6.07) is 0. The normalized spacial score (nSPS) is 32.0. The van der Waals surface area contributed by atoms with E-state index in [0.717, 1.165) is 0 Å². The molecule has 10 heavy (non-hydrogen) atoms. The third-order valence-electron chi connectivity index (χ3n) is 1.89. The maximum Gasteiger partial charge on any atom is 0.230 e. The van der Waals surface area contributed by atoms with E-state index < -0.39 is 0 Å². The number of Topliss-reactive ketones (excluding diaryl/α,β-unsaturated/α-hetero) is 1. The molecule has 1 fully saturated rings. The number of hydrogen-bond acceptors (Lipinski definition) is 2. The molecule has 0 unspecified atom stereocenters. The Morgan fingerprint density at radius 1 is 1.70 bits per heavy atom. The van der Waals surface area contributed by atoms with Gasteiger partial charge in [-0.3, -0.25) is 9.59 Å². The summed E-state index contributed by atoms with van der Waals surface area (Å²) >= 11 is 0. The second-order valence-electron chi connectivity index (χ2n) is 2.81. The average Bonchev–Trinajstić information content (AvgIpc) is 2.11. The van der Waals surface area contributed by atoms with Gasteiger partial charge in [-0.2, -0.15) is 0 Å². The second-order valence-corrected chi connectivity index (χ2v) is 2.81. The standard InChI is InChI=1S/C7H11NO2/c1-4-3-8-7(10)6(4)5(2)9/h4,6H,3H2,1-2H3,(H,8,10)/t4-,6-/m1/s1. The Bertz CT molecular complexity index is 176. The molecule has 0 radical (unpaired) electrons. The lowest BCUT2D eigenvalue weighted by molar-refractivity contribution is -0.131. The van der Waals surface area contributed by atoms with Crippen molar-refractivity contribution in [3.63, 3.8) is 0 Å². The fourth-order valence-corrected chi connectivity index (χ4v) is 1.33. The SMILES string of the molecule is CC(=O)[C@@H]1C(=O)NC[C@H]1C. The van der Waals surface area contributed by atoms with Gasteiger partial charge < -0.3 is 5.32 Å². The highest BCUT2D eigenvalue weighted by Gasteiger charge is 2.34. The molecule has 0 aromatic carbocycles. The van der Waals surface area contributed by atoms with Gasteiger partial charge in [0.25, 0.3) is 0 Å². The van der Waals surface area contributed by atoms with Crippen LogP contribution in [0, 0.1) is 11.8 Å². The van der Waals surface area contributed by atoms with Crippen molar-refractivity contribution in [2.24, 2.45) is 11.8 Å². The first-order valence-electron chi connectivity index (χ1n) is 3.41. The van der Waals surface area contributed by atoms with Crippen LogP contribution >= 0.6 is 0 Å². The van der Waals surface area contributed by atoms with Crippen molar-refractivity contribution in [3.05, 3.63) is 0 Å². The Balaban J connectivity index is 2.72. The number of carbonyl (C=O) groups is 2. The summed E-state index contributed by atoms with van der Waals surface area (Å²) in [6.07, 6.45) is 0. The summed E-state index contributed by atoms with van der Waals surface area (Å²) in [5, 5.41) is 2.64. The van der Waals surface area contributed by atoms with Gasteiger partial charge in [0.15, 0.2) is 0 Å². The second kappa shape index (κ2) is 2.40. The average molecular weight is 141 g/mol. The Morgan fingerprint density at radius 3 is 2.50 bits per heavy atom. The van der Waals surface area contributed by atoms with E-state index in [4.69, 9.17) is 0 Å². The van der Waals surface area contributed by atoms with Crippen LogP contribution in [-0.4, -0.2) is 18.2 Å². The number of carbonyl (C=O) groups excluding carboxylic acids is 2. The van der Waals surface area contributed by atoms with Gasteiger partial charge in [0.2, 0.25) is 5.91 Å². The van der Waals surface area contributed by atoms with E-state index in [2.05, 4.69) is 5.32 Å². The Kier molecular flexibility index (Phi) is 1.74. The maximum absolute atomic E-state index is 10.9. The van der Waals surface area contributed by atoms with Crippen LogP contribution in [0.2, 0.25) is 0 Å². The van der Waals surface area contributed by atoms with Crippen molar-refractivity contribution in [2.45, 2.75) is 13.8 Å². The number of rotatable bonds is 1. The first-order chi connectivity index (χ1) is 4.63. The van der Waals surface area contributed by atoms with Crippen molar-refractivity contribution < 1.29 is 9.59 Å². The predicted octanol–water partition coefficient (Wildman–Crippen LogP) is -0.0425. The van der Waals surface area contributed by atoms with Gasteiger partial charge in [0.1, 0.15) is 11.7 Å². The molecule has 0 aliphatic carbocycles. The highest BCUT2D eigenvalue weighted by molar-refractivity contribution is 6.01. The molecular formula is C7H11NO2. The van der Waals surface area contributed by atoms with E-state index in [9.17, 15) is 9.59 Å². The lowest BCUT2D eigenvalue weighted by atomic mass is 9.94. The van der Waals surface area contributed by atoms with Crippen LogP contribution in [0.25, 0.3) is 0 Å². The number of amides is 1. The first-order valence-corrected chi connectivity index (χ1v) is 3.41. The quantitative estimate of drug-likeness (QED) is 0.521. The molecular weight excluding hydrogens is 130 g/mol. The van der Waals surface area contributed by atoms with Crippen molar-refractivity contribution >= 4 is 11.7 Å². The van der Waals surface area contributed by atoms with E-state index in [-0.39, 0.29) is 23.5 Å². The summed E-state index contributed by atoms with van der Waals surface area (Å²) < 4.78 is 0. The zero-order chi connectivity index (χ0) is 7.72. The maximum atomic E-state index is 10.9. The van der Waals surface area contributed by atoms with Gasteiger partial charge in [-0.05, 0) is 12.8 Å². The molecule has 1 amide bonds. The van der Waals surface area contributed by atoms with Crippen molar-refractivity contribution in [1.29, 1.82) is 0 Å². The Morgan fingerprint density at radius 2 is 2.30 bits per heavy atom. The zero-order valence-corrected chi connectivity index (χ0v) is 6.18. The minimum atomic E-state index is -0.389. The minimum absolute atomic E-state index is 0.0255. The smallest absolute Gasteiger partial charge is 0.230 e. The van der Waals surface area contributed by atoms with Crippen LogP contribution in [0.4, 0.5) is 0 Å². The monoisotopic (exact) mass is 141 g/mol. The van der Waals surface area contributed by atoms with Gasteiger partial charge in [0, 0.05) is 6.54 Å². The first kappa shape index (κ1) is 7.25. The van der Waals surface area contributed by atoms with E-state index in [1.165, 1.54) is 6.92 Å². The summed E-state index contributed by atoms with van der Waals surface area (Å²) in [6.45, 7) is 4.01. The molecule has 0 spiro atoms. The fraction of sp³-hybridized carbons (Fsp3) is 0.714. The van der Waals surface area contributed by atoms with E-state index in [0.29, 0.717) is 6.54 Å². The summed E-state index contributed by atoms with van der Waals surface area (Å²) in [4.78, 5) is 21.7. The zero-order valence-electron chi connectivity index (χ0n) is 6.18. The Labute approximate surface area is 59.8 Å². The summed E-state index contributed by atoms with van der Waals surface area (Å²) in [7, 11) is 0. The number of nitrogens with one attached hydrogen (secondary N) is 1. The number of ketones is 1. The molecule has 56 valence electrons. The lowest BCUT2D eigenvalue weighted by Crippen LogP contribution is -2.24. The predicted molar refractivity (Wildman–Crippen MR) is 36.3 cm³/mol. The number of hydrogen-bond donors (Lipinski definition) is 1. The van der Waals surface area contributed by atoms with Crippen molar-refractivity contribution in [1.82, 2.24) is 5.32 Å². The van der Waals surface area contributed by atoms with E-state index in [1.807, 2.05) is 6.92 Å². The highest BCUT2D eigenvalue weighted by atomic mass is 16.2. The largest absolute Gasteiger partial charge is 0.355 e. The molecule has 3 nitrogen and oxygen atoms in total. The summed E-state index contributed by atoms with van der Waals surface area (Å²) in [5.74, 6) is -0.354. The van der Waals surface area contributed by atoms with Crippen LogP contribution < -0.4 is 5.32 Å². The molecule has 0 aromatic rings.